The first-order chi connectivity index (χ1) is 23.2. The topological polar surface area (TPSA) is 126 Å². The van der Waals surface area contributed by atoms with Crippen molar-refractivity contribution in [3.05, 3.63) is 113 Å². The number of aromatic hydroxyl groups is 3. The Kier molecular flexibility index (Phi) is 15.6. The van der Waals surface area contributed by atoms with Gasteiger partial charge in [0.15, 0.2) is 17.3 Å². The predicted octanol–water partition coefficient (Wildman–Crippen LogP) is 9.75. The van der Waals surface area contributed by atoms with Crippen molar-refractivity contribution in [2.75, 3.05) is 0 Å². The first-order valence-corrected chi connectivity index (χ1v) is 16.3. The third-order valence-electron chi connectivity index (χ3n) is 6.84. The molecule has 3 rings (SSSR count). The van der Waals surface area contributed by atoms with Crippen LogP contribution < -0.4 is 14.9 Å². The van der Waals surface area contributed by atoms with Gasteiger partial charge in [0.2, 0.25) is 11.2 Å². The van der Waals surface area contributed by atoms with E-state index in [1.807, 2.05) is 26.0 Å². The average Bonchev–Trinajstić information content (AvgIpc) is 3.04. The second kappa shape index (κ2) is 20.1. The van der Waals surface area contributed by atoms with E-state index in [0.29, 0.717) is 12.8 Å². The molecule has 0 amide bonds. The van der Waals surface area contributed by atoms with E-state index < -0.39 is 28.6 Å². The van der Waals surface area contributed by atoms with Crippen LogP contribution in [0, 0.1) is 0 Å². The lowest BCUT2D eigenvalue weighted by Crippen LogP contribution is -2.16. The van der Waals surface area contributed by atoms with Crippen molar-refractivity contribution in [2.24, 2.45) is 0 Å². The lowest BCUT2D eigenvalue weighted by atomic mass is 10.1. The second-order valence-corrected chi connectivity index (χ2v) is 11.2. The molecule has 0 saturated carbocycles. The molecule has 8 nitrogen and oxygen atoms in total. The van der Waals surface area contributed by atoms with Gasteiger partial charge in [0.25, 0.3) is 0 Å². The molecule has 1 heterocycles. The molecule has 0 saturated heterocycles. The first-order valence-electron chi connectivity index (χ1n) is 16.3. The van der Waals surface area contributed by atoms with Crippen molar-refractivity contribution in [1.82, 2.24) is 0 Å². The minimum Gasteiger partial charge on any atom is -0.507 e. The highest BCUT2D eigenvalue weighted by Crippen LogP contribution is 2.38. The summed E-state index contributed by atoms with van der Waals surface area (Å²) < 4.78 is 17.1. The number of esters is 1. The number of allylic oxidation sites excluding steroid dienone is 12. The standard InChI is InChI=1S/C40H46O8/c1-4-5-6-7-8-9-10-11-12-13-14-15-16-17-18-19-20-21-22-23-36(44)48-40-38(45)37-34(43)27-31(46-29(2)3)28-35(37)47-39(40)30-24-25-32(41)33(42)26-30/h5-6,8-9,11-12,14-15,17-18,20-21,24-29,41-43H,4,7,10,13,16,19,22-23H2,1-3H3/b6-5-,9-8-,12-11-,15-14-,18-17-,21-20-. The third kappa shape index (κ3) is 12.2. The van der Waals surface area contributed by atoms with Gasteiger partial charge in [-0.3, -0.25) is 9.59 Å². The van der Waals surface area contributed by atoms with Crippen LogP contribution in [0.5, 0.6) is 28.7 Å². The molecule has 2 aromatic carbocycles. The first kappa shape index (κ1) is 37.2. The van der Waals surface area contributed by atoms with Crippen LogP contribution in [0.2, 0.25) is 0 Å². The van der Waals surface area contributed by atoms with Gasteiger partial charge in [0.1, 0.15) is 22.5 Å². The number of hydrogen-bond acceptors (Lipinski definition) is 8. The number of carbonyl (C=O) groups excluding carboxylic acids is 1. The van der Waals surface area contributed by atoms with Crippen LogP contribution in [0.3, 0.4) is 0 Å². The molecule has 48 heavy (non-hydrogen) atoms. The highest BCUT2D eigenvalue weighted by atomic mass is 16.5. The fourth-order valence-corrected chi connectivity index (χ4v) is 4.55. The minimum absolute atomic E-state index is 0.00371. The largest absolute Gasteiger partial charge is 0.507 e. The Hall–Kier alpha value is -5.24. The number of phenolic OH excluding ortho intramolecular Hbond substituents is 3. The van der Waals surface area contributed by atoms with E-state index in [1.165, 1.54) is 30.3 Å². The maximum Gasteiger partial charge on any atom is 0.311 e. The van der Waals surface area contributed by atoms with Crippen LogP contribution in [0.15, 0.2) is 112 Å². The van der Waals surface area contributed by atoms with Gasteiger partial charge >= 0.3 is 5.97 Å². The van der Waals surface area contributed by atoms with Gasteiger partial charge in [0.05, 0.1) is 6.10 Å². The third-order valence-corrected chi connectivity index (χ3v) is 6.84. The molecule has 3 N–H and O–H groups in total. The fourth-order valence-electron chi connectivity index (χ4n) is 4.55. The molecule has 0 unspecified atom stereocenters. The van der Waals surface area contributed by atoms with E-state index in [1.54, 1.807) is 0 Å². The Bertz CT molecular complexity index is 1730. The molecule has 0 atom stereocenters. The van der Waals surface area contributed by atoms with Crippen LogP contribution >= 0.6 is 0 Å². The van der Waals surface area contributed by atoms with Crippen molar-refractivity contribution >= 4 is 16.9 Å². The van der Waals surface area contributed by atoms with Gasteiger partial charge in [-0.2, -0.15) is 0 Å². The van der Waals surface area contributed by atoms with Crippen molar-refractivity contribution in [2.45, 2.75) is 78.2 Å². The number of rotatable bonds is 18. The van der Waals surface area contributed by atoms with Gasteiger partial charge in [-0.25, -0.2) is 0 Å². The van der Waals surface area contributed by atoms with E-state index >= 15 is 0 Å². The number of carbonyl (C=O) groups is 1. The fraction of sp³-hybridized carbons (Fsp3) is 0.300. The van der Waals surface area contributed by atoms with Crippen LogP contribution in [-0.4, -0.2) is 27.4 Å². The maximum atomic E-state index is 13.5. The summed E-state index contributed by atoms with van der Waals surface area (Å²) in [7, 11) is 0. The molecular weight excluding hydrogens is 608 g/mol. The van der Waals surface area contributed by atoms with Crippen molar-refractivity contribution in [1.29, 1.82) is 0 Å². The van der Waals surface area contributed by atoms with Gasteiger partial charge in [-0.15, -0.1) is 0 Å². The SMILES string of the molecule is CC/C=C\C/C=C\C/C=C\C/C=C\C/C=C\C/C=C\CCC(=O)Oc1c(-c2ccc(O)c(O)c2)oc2cc(OC(C)C)cc(O)c2c1=O. The van der Waals surface area contributed by atoms with Gasteiger partial charge in [0, 0.05) is 24.1 Å². The summed E-state index contributed by atoms with van der Waals surface area (Å²) in [5.74, 6) is -2.21. The maximum absolute atomic E-state index is 13.5. The molecule has 0 aliphatic rings. The smallest absolute Gasteiger partial charge is 0.311 e. The van der Waals surface area contributed by atoms with E-state index in [-0.39, 0.29) is 46.3 Å². The Morgan fingerprint density at radius 3 is 1.85 bits per heavy atom. The predicted molar refractivity (Wildman–Crippen MR) is 192 cm³/mol. The number of fused-ring (bicyclic) bond motifs is 1. The average molecular weight is 655 g/mol. The normalized spacial score (nSPS) is 12.4. The summed E-state index contributed by atoms with van der Waals surface area (Å²) in [5.41, 5.74) is -0.593. The lowest BCUT2D eigenvalue weighted by molar-refractivity contribution is -0.134. The molecule has 0 bridgehead atoms. The van der Waals surface area contributed by atoms with Crippen LogP contribution in [0.1, 0.15) is 72.1 Å². The van der Waals surface area contributed by atoms with E-state index in [2.05, 4.69) is 67.7 Å². The molecule has 8 heteroatoms. The summed E-state index contributed by atoms with van der Waals surface area (Å²) in [6, 6.07) is 6.55. The number of phenols is 3. The Balaban J connectivity index is 1.55. The summed E-state index contributed by atoms with van der Waals surface area (Å²) in [4.78, 5) is 26.3. The van der Waals surface area contributed by atoms with Crippen LogP contribution in [0.4, 0.5) is 0 Å². The van der Waals surface area contributed by atoms with E-state index in [9.17, 15) is 24.9 Å². The number of ether oxygens (including phenoxy) is 2. The zero-order chi connectivity index (χ0) is 34.7. The summed E-state index contributed by atoms with van der Waals surface area (Å²) >= 11 is 0. The number of benzene rings is 2. The lowest BCUT2D eigenvalue weighted by Gasteiger charge is -2.14. The molecule has 1 aromatic heterocycles. The summed E-state index contributed by atoms with van der Waals surface area (Å²) in [6.45, 7) is 5.75. The van der Waals surface area contributed by atoms with Gasteiger partial charge in [-0.05, 0) is 77.0 Å². The second-order valence-electron chi connectivity index (χ2n) is 11.2. The van der Waals surface area contributed by atoms with Crippen molar-refractivity contribution in [3.63, 3.8) is 0 Å². The molecule has 0 aliphatic carbocycles. The summed E-state index contributed by atoms with van der Waals surface area (Å²) in [5, 5.41) is 30.3. The van der Waals surface area contributed by atoms with E-state index in [4.69, 9.17) is 13.9 Å². The van der Waals surface area contributed by atoms with Gasteiger partial charge < -0.3 is 29.2 Å². The Labute approximate surface area is 282 Å². The highest BCUT2D eigenvalue weighted by molar-refractivity contribution is 5.89. The van der Waals surface area contributed by atoms with Crippen molar-refractivity contribution in [3.8, 4) is 40.1 Å². The molecule has 3 aromatic rings. The molecular formula is C40H46O8. The minimum atomic E-state index is -0.769. The Morgan fingerprint density at radius 1 is 0.750 bits per heavy atom. The molecule has 0 aliphatic heterocycles. The zero-order valence-electron chi connectivity index (χ0n) is 27.9. The molecule has 254 valence electrons. The Morgan fingerprint density at radius 2 is 1.31 bits per heavy atom. The number of hydrogen-bond donors (Lipinski definition) is 3. The molecule has 0 spiro atoms. The van der Waals surface area contributed by atoms with Crippen LogP contribution in [-0.2, 0) is 4.79 Å². The zero-order valence-corrected chi connectivity index (χ0v) is 27.9. The summed E-state index contributed by atoms with van der Waals surface area (Å²) in [6.07, 6.45) is 30.9. The van der Waals surface area contributed by atoms with Crippen LogP contribution in [0.25, 0.3) is 22.3 Å². The van der Waals surface area contributed by atoms with E-state index in [0.717, 1.165) is 32.1 Å². The quantitative estimate of drug-likeness (QED) is 0.0703. The molecule has 0 fully saturated rings. The highest BCUT2D eigenvalue weighted by Gasteiger charge is 2.24. The van der Waals surface area contributed by atoms with Gasteiger partial charge in [-0.1, -0.05) is 79.8 Å². The monoisotopic (exact) mass is 654 g/mol. The van der Waals surface area contributed by atoms with Crippen molar-refractivity contribution < 1.29 is 34.0 Å². The molecule has 0 radical (unpaired) electrons.